The lowest BCUT2D eigenvalue weighted by atomic mass is 10.0. The summed E-state index contributed by atoms with van der Waals surface area (Å²) >= 11 is 1.83. The van der Waals surface area contributed by atoms with E-state index in [0.717, 1.165) is 38.9 Å². The van der Waals surface area contributed by atoms with E-state index in [1.807, 2.05) is 11.3 Å². The van der Waals surface area contributed by atoms with Crippen LogP contribution in [0.3, 0.4) is 0 Å². The summed E-state index contributed by atoms with van der Waals surface area (Å²) in [6.45, 7) is 0. The Balaban J connectivity index is 1.33. The second-order valence-corrected chi connectivity index (χ2v) is 11.4. The number of aromatic nitrogens is 3. The normalized spacial score (nSPS) is 12.0. The first kappa shape index (κ1) is 21.8. The van der Waals surface area contributed by atoms with Gasteiger partial charge in [-0.05, 0) is 41.1 Å². The number of fused-ring (bicyclic) bond motifs is 8. The number of hydrogen-bond donors (Lipinski definition) is 0. The summed E-state index contributed by atoms with van der Waals surface area (Å²) in [5.41, 5.74) is 4.26. The Morgan fingerprint density at radius 2 is 1.12 bits per heavy atom. The quantitative estimate of drug-likeness (QED) is 0.224. The maximum atomic E-state index is 4.95. The van der Waals surface area contributed by atoms with Gasteiger partial charge in [-0.15, -0.1) is 21.5 Å². The maximum absolute atomic E-state index is 4.95. The van der Waals surface area contributed by atoms with E-state index in [2.05, 4.69) is 132 Å². The first-order valence-electron chi connectivity index (χ1n) is 13.4. The first-order valence-corrected chi connectivity index (χ1v) is 14.2. The van der Waals surface area contributed by atoms with Gasteiger partial charge in [-0.2, -0.15) is 0 Å². The molecule has 0 N–H and O–H groups in total. The van der Waals surface area contributed by atoms with Crippen molar-refractivity contribution < 1.29 is 0 Å². The number of rotatable bonds is 2. The van der Waals surface area contributed by atoms with Gasteiger partial charge in [0.1, 0.15) is 5.69 Å². The van der Waals surface area contributed by atoms with Gasteiger partial charge < -0.3 is 0 Å². The van der Waals surface area contributed by atoms with Gasteiger partial charge in [0.15, 0.2) is 5.82 Å². The van der Waals surface area contributed by atoms with Gasteiger partial charge in [0, 0.05) is 47.3 Å². The molecule has 3 heterocycles. The lowest BCUT2D eigenvalue weighted by Gasteiger charge is -2.13. The van der Waals surface area contributed by atoms with Crippen LogP contribution in [0.4, 0.5) is 0 Å². The fourth-order valence-electron chi connectivity index (χ4n) is 6.22. The van der Waals surface area contributed by atoms with Crippen molar-refractivity contribution in [1.82, 2.24) is 14.8 Å². The average Bonchev–Trinajstić information content (AvgIpc) is 3.54. The second-order valence-electron chi connectivity index (χ2n) is 10.3. The van der Waals surface area contributed by atoms with Gasteiger partial charge in [-0.1, -0.05) is 97.1 Å². The molecule has 40 heavy (non-hydrogen) atoms. The number of thiophene rings is 1. The Labute approximate surface area is 233 Å². The Morgan fingerprint density at radius 3 is 2.00 bits per heavy atom. The van der Waals surface area contributed by atoms with Crippen LogP contribution in [-0.4, -0.2) is 14.8 Å². The summed E-state index contributed by atoms with van der Waals surface area (Å²) in [6.07, 6.45) is 0. The van der Waals surface area contributed by atoms with Crippen molar-refractivity contribution in [2.24, 2.45) is 0 Å². The van der Waals surface area contributed by atoms with E-state index in [9.17, 15) is 0 Å². The smallest absolute Gasteiger partial charge is 0.168 e. The molecule has 9 aromatic rings. The molecule has 186 valence electrons. The van der Waals surface area contributed by atoms with Crippen LogP contribution >= 0.6 is 11.3 Å². The third-order valence-electron chi connectivity index (χ3n) is 8.07. The molecule has 0 aliphatic heterocycles. The molecule has 0 unspecified atom stereocenters. The van der Waals surface area contributed by atoms with Gasteiger partial charge >= 0.3 is 0 Å². The van der Waals surface area contributed by atoms with Crippen LogP contribution < -0.4 is 0 Å². The van der Waals surface area contributed by atoms with Crippen LogP contribution in [-0.2, 0) is 0 Å². The van der Waals surface area contributed by atoms with Gasteiger partial charge in [-0.25, -0.2) is 0 Å². The Kier molecular flexibility index (Phi) is 4.48. The third-order valence-corrected chi connectivity index (χ3v) is 9.21. The minimum absolute atomic E-state index is 0.851. The molecule has 9 rings (SSSR count). The molecule has 0 spiro atoms. The zero-order chi connectivity index (χ0) is 26.2. The zero-order valence-corrected chi connectivity index (χ0v) is 22.2. The molecule has 0 atom stereocenters. The largest absolute Gasteiger partial charge is 0.292 e. The molecule has 0 bridgehead atoms. The third kappa shape index (κ3) is 3.05. The second kappa shape index (κ2) is 8.22. The van der Waals surface area contributed by atoms with Gasteiger partial charge in [-0.3, -0.25) is 4.57 Å². The molecule has 3 nitrogen and oxygen atoms in total. The molecule has 0 saturated heterocycles. The SMILES string of the molecule is c1ccc2cc3c(cc2c1)c1ccccc1n3-c1nnc(-c2ccc3c(c2)sc2ccccc23)c2ccccc12. The van der Waals surface area contributed by atoms with Crippen molar-refractivity contribution >= 4 is 74.9 Å². The van der Waals surface area contributed by atoms with Gasteiger partial charge in [0.2, 0.25) is 0 Å². The van der Waals surface area contributed by atoms with Crippen LogP contribution in [0.15, 0.2) is 127 Å². The molecule has 0 aliphatic carbocycles. The summed E-state index contributed by atoms with van der Waals surface area (Å²) in [4.78, 5) is 0. The Hall–Kier alpha value is -5.06. The standard InChI is InChI=1S/C36H21N3S/c1-2-10-23-20-32-30(19-22(23)9-1)25-11-5-7-15-31(25)39(32)36-29-14-4-3-13-28(29)35(37-38-36)24-17-18-27-26-12-6-8-16-33(26)40-34(27)21-24/h1-21H. The minimum Gasteiger partial charge on any atom is -0.292 e. The molecule has 0 amide bonds. The monoisotopic (exact) mass is 527 g/mol. The molecule has 6 aromatic carbocycles. The molecular weight excluding hydrogens is 506 g/mol. The van der Waals surface area contributed by atoms with Crippen LogP contribution in [0, 0.1) is 0 Å². The summed E-state index contributed by atoms with van der Waals surface area (Å²) in [5, 5.41) is 19.5. The topological polar surface area (TPSA) is 30.7 Å². The van der Waals surface area contributed by atoms with E-state index >= 15 is 0 Å². The van der Waals surface area contributed by atoms with Crippen molar-refractivity contribution in [2.75, 3.05) is 0 Å². The maximum Gasteiger partial charge on any atom is 0.168 e. The lowest BCUT2D eigenvalue weighted by Crippen LogP contribution is -2.02. The molecular formula is C36H21N3S. The average molecular weight is 528 g/mol. The highest BCUT2D eigenvalue weighted by molar-refractivity contribution is 7.25. The predicted molar refractivity (Wildman–Crippen MR) is 170 cm³/mol. The number of hydrogen-bond acceptors (Lipinski definition) is 3. The summed E-state index contributed by atoms with van der Waals surface area (Å²) in [6, 6.07) is 45.5. The first-order chi connectivity index (χ1) is 19.8. The molecule has 4 heteroatoms. The van der Waals surface area contributed by atoms with E-state index in [1.54, 1.807) is 0 Å². The van der Waals surface area contributed by atoms with Crippen molar-refractivity contribution in [2.45, 2.75) is 0 Å². The van der Waals surface area contributed by atoms with Crippen LogP contribution in [0.1, 0.15) is 0 Å². The molecule has 0 radical (unpaired) electrons. The molecule has 3 aromatic heterocycles. The summed E-state index contributed by atoms with van der Waals surface area (Å²) < 4.78 is 4.86. The van der Waals surface area contributed by atoms with E-state index in [-0.39, 0.29) is 0 Å². The molecule has 0 saturated carbocycles. The summed E-state index contributed by atoms with van der Waals surface area (Å²) in [5.74, 6) is 0.851. The van der Waals surface area contributed by atoms with Gasteiger partial charge in [0.05, 0.1) is 11.0 Å². The Morgan fingerprint density at radius 1 is 0.450 bits per heavy atom. The van der Waals surface area contributed by atoms with E-state index in [1.165, 1.54) is 41.7 Å². The van der Waals surface area contributed by atoms with E-state index in [4.69, 9.17) is 10.2 Å². The highest BCUT2D eigenvalue weighted by Gasteiger charge is 2.19. The highest BCUT2D eigenvalue weighted by atomic mass is 32.1. The fourth-order valence-corrected chi connectivity index (χ4v) is 7.37. The van der Waals surface area contributed by atoms with E-state index in [0.29, 0.717) is 0 Å². The molecule has 0 fully saturated rings. The van der Waals surface area contributed by atoms with Crippen molar-refractivity contribution in [3.05, 3.63) is 127 Å². The minimum atomic E-state index is 0.851. The van der Waals surface area contributed by atoms with Crippen molar-refractivity contribution in [1.29, 1.82) is 0 Å². The van der Waals surface area contributed by atoms with Crippen molar-refractivity contribution in [3.63, 3.8) is 0 Å². The fraction of sp³-hybridized carbons (Fsp3) is 0. The number of nitrogens with zero attached hydrogens (tertiary/aromatic N) is 3. The zero-order valence-electron chi connectivity index (χ0n) is 21.4. The van der Waals surface area contributed by atoms with Crippen molar-refractivity contribution in [3.8, 4) is 17.1 Å². The Bertz CT molecular complexity index is 2450. The lowest BCUT2D eigenvalue weighted by molar-refractivity contribution is 0.977. The van der Waals surface area contributed by atoms with Crippen LogP contribution in [0.5, 0.6) is 0 Å². The van der Waals surface area contributed by atoms with Crippen LogP contribution in [0.2, 0.25) is 0 Å². The molecule has 0 aliphatic rings. The summed E-state index contributed by atoms with van der Waals surface area (Å²) in [7, 11) is 0. The number of benzene rings is 6. The predicted octanol–water partition coefficient (Wildman–Crippen LogP) is 9.91. The van der Waals surface area contributed by atoms with Crippen LogP contribution in [0.25, 0.3) is 80.6 Å². The van der Waals surface area contributed by atoms with Gasteiger partial charge in [0.25, 0.3) is 0 Å². The van der Waals surface area contributed by atoms with E-state index < -0.39 is 0 Å². The number of para-hydroxylation sites is 1. The highest BCUT2D eigenvalue weighted by Crippen LogP contribution is 2.39.